The lowest BCUT2D eigenvalue weighted by Crippen LogP contribution is -2.17. The predicted octanol–water partition coefficient (Wildman–Crippen LogP) is 2.58. The van der Waals surface area contributed by atoms with Crippen LogP contribution in [0.1, 0.15) is 48.8 Å². The number of aryl methyl sites for hydroxylation is 1. The molecule has 1 fully saturated rings. The first-order valence-corrected chi connectivity index (χ1v) is 8.20. The number of carbonyl (C=O) groups is 1. The van der Waals surface area contributed by atoms with Crippen LogP contribution in [-0.4, -0.2) is 45.8 Å². The van der Waals surface area contributed by atoms with E-state index in [9.17, 15) is 4.79 Å². The molecule has 1 saturated heterocycles. The van der Waals surface area contributed by atoms with Crippen LogP contribution in [0.15, 0.2) is 18.6 Å². The number of imidazole rings is 1. The van der Waals surface area contributed by atoms with Crippen molar-refractivity contribution in [1.29, 1.82) is 0 Å². The number of rotatable bonds is 3. The summed E-state index contributed by atoms with van der Waals surface area (Å²) < 4.78 is 12.0. The fraction of sp³-hybridized carbons (Fsp3) is 0.529. The molecular formula is C17H24N4O3. The number of methoxy groups -OCH3 is 1. The molecule has 0 bridgehead atoms. The van der Waals surface area contributed by atoms with Crippen molar-refractivity contribution >= 4 is 5.97 Å². The molecule has 0 spiro atoms. The summed E-state index contributed by atoms with van der Waals surface area (Å²) in [5, 5.41) is 0. The molecule has 130 valence electrons. The fourth-order valence-corrected chi connectivity index (χ4v) is 2.56. The van der Waals surface area contributed by atoms with Crippen LogP contribution in [0, 0.1) is 0 Å². The maximum atomic E-state index is 11.9. The van der Waals surface area contributed by atoms with E-state index >= 15 is 0 Å². The van der Waals surface area contributed by atoms with Crippen LogP contribution < -0.4 is 0 Å². The topological polar surface area (TPSA) is 79.1 Å². The highest BCUT2D eigenvalue weighted by Crippen LogP contribution is 2.27. The molecule has 7 nitrogen and oxygen atoms in total. The molecule has 1 aliphatic rings. The number of nitrogens with zero attached hydrogens (tertiary/aromatic N) is 4. The van der Waals surface area contributed by atoms with Gasteiger partial charge in [-0.25, -0.2) is 19.7 Å². The Balaban J connectivity index is 0.00000100. The summed E-state index contributed by atoms with van der Waals surface area (Å²) in [6, 6.07) is 1.72. The minimum absolute atomic E-state index is 0.270. The van der Waals surface area contributed by atoms with E-state index in [-0.39, 0.29) is 11.6 Å². The third-order valence-corrected chi connectivity index (χ3v) is 3.83. The summed E-state index contributed by atoms with van der Waals surface area (Å²) in [5.74, 6) is 0.302. The number of carbonyl (C=O) groups excluding carboxylic acids is 1. The normalized spacial score (nSPS) is 14.7. The first-order valence-electron chi connectivity index (χ1n) is 8.20. The lowest BCUT2D eigenvalue weighted by Gasteiger charge is -2.22. The first-order chi connectivity index (χ1) is 11.7. The van der Waals surface area contributed by atoms with Gasteiger partial charge in [0.25, 0.3) is 0 Å². The molecule has 0 aromatic carbocycles. The molecule has 3 rings (SSSR count). The molecule has 0 unspecified atom stereocenters. The minimum atomic E-state index is -0.459. The predicted molar refractivity (Wildman–Crippen MR) is 89.7 cm³/mol. The summed E-state index contributed by atoms with van der Waals surface area (Å²) in [4.78, 5) is 24.9. The Bertz CT molecular complexity index is 678. The molecule has 2 aromatic rings. The van der Waals surface area contributed by atoms with Crippen molar-refractivity contribution in [2.45, 2.75) is 32.6 Å². The van der Waals surface area contributed by atoms with Gasteiger partial charge in [0.2, 0.25) is 0 Å². The maximum Gasteiger partial charge on any atom is 0.356 e. The van der Waals surface area contributed by atoms with E-state index in [2.05, 4.69) is 15.0 Å². The van der Waals surface area contributed by atoms with E-state index in [1.165, 1.54) is 7.11 Å². The van der Waals surface area contributed by atoms with E-state index in [1.54, 1.807) is 18.6 Å². The van der Waals surface area contributed by atoms with E-state index in [4.69, 9.17) is 9.47 Å². The van der Waals surface area contributed by atoms with Gasteiger partial charge in [-0.2, -0.15) is 0 Å². The molecule has 0 N–H and O–H groups in total. The number of esters is 1. The molecule has 3 heterocycles. The van der Waals surface area contributed by atoms with Gasteiger partial charge < -0.3 is 14.0 Å². The Labute approximate surface area is 142 Å². The van der Waals surface area contributed by atoms with E-state index in [1.807, 2.05) is 25.5 Å². The third-order valence-electron chi connectivity index (χ3n) is 3.83. The van der Waals surface area contributed by atoms with Crippen LogP contribution in [0.5, 0.6) is 0 Å². The fourth-order valence-electron chi connectivity index (χ4n) is 2.56. The minimum Gasteiger partial charge on any atom is -0.464 e. The summed E-state index contributed by atoms with van der Waals surface area (Å²) in [6.07, 6.45) is 5.15. The van der Waals surface area contributed by atoms with Crippen LogP contribution in [0.2, 0.25) is 0 Å². The third kappa shape index (κ3) is 3.97. The Kier molecular flexibility index (Phi) is 6.43. The van der Waals surface area contributed by atoms with E-state index in [0.717, 1.165) is 24.2 Å². The average Bonchev–Trinajstić information content (AvgIpc) is 3.09. The molecule has 0 radical (unpaired) electrons. The second kappa shape index (κ2) is 8.54. The quantitative estimate of drug-likeness (QED) is 0.804. The van der Waals surface area contributed by atoms with Crippen molar-refractivity contribution in [2.75, 3.05) is 20.3 Å². The highest BCUT2D eigenvalue weighted by Gasteiger charge is 2.22. The zero-order valence-electron chi connectivity index (χ0n) is 14.7. The number of hydrogen-bond donors (Lipinski definition) is 0. The highest BCUT2D eigenvalue weighted by atomic mass is 16.5. The van der Waals surface area contributed by atoms with Crippen LogP contribution >= 0.6 is 0 Å². The van der Waals surface area contributed by atoms with Gasteiger partial charge in [0.15, 0.2) is 11.5 Å². The number of ether oxygens (including phenoxy) is 2. The van der Waals surface area contributed by atoms with E-state index < -0.39 is 5.97 Å². The monoisotopic (exact) mass is 332 g/mol. The van der Waals surface area contributed by atoms with Gasteiger partial charge in [0.1, 0.15) is 5.69 Å². The van der Waals surface area contributed by atoms with Gasteiger partial charge in [-0.05, 0) is 18.9 Å². The van der Waals surface area contributed by atoms with Gasteiger partial charge in [0.05, 0.1) is 19.6 Å². The maximum absolute atomic E-state index is 11.9. The Morgan fingerprint density at radius 1 is 1.29 bits per heavy atom. The smallest absolute Gasteiger partial charge is 0.356 e. The molecule has 1 aliphatic heterocycles. The molecule has 24 heavy (non-hydrogen) atoms. The van der Waals surface area contributed by atoms with Crippen molar-refractivity contribution in [3.8, 4) is 11.5 Å². The van der Waals surface area contributed by atoms with Crippen molar-refractivity contribution in [2.24, 2.45) is 7.05 Å². The zero-order valence-corrected chi connectivity index (χ0v) is 14.7. The average molecular weight is 332 g/mol. The van der Waals surface area contributed by atoms with Gasteiger partial charge in [-0.3, -0.25) is 0 Å². The molecule has 2 aromatic heterocycles. The van der Waals surface area contributed by atoms with Gasteiger partial charge in [0, 0.05) is 31.9 Å². The van der Waals surface area contributed by atoms with Gasteiger partial charge in [-0.15, -0.1) is 0 Å². The van der Waals surface area contributed by atoms with Crippen LogP contribution in [0.4, 0.5) is 0 Å². The molecule has 0 aliphatic carbocycles. The van der Waals surface area contributed by atoms with Gasteiger partial charge >= 0.3 is 5.97 Å². The zero-order chi connectivity index (χ0) is 17.5. The highest BCUT2D eigenvalue weighted by molar-refractivity contribution is 5.87. The summed E-state index contributed by atoms with van der Waals surface area (Å²) >= 11 is 0. The van der Waals surface area contributed by atoms with Crippen LogP contribution in [0.3, 0.4) is 0 Å². The standard InChI is InChI=1S/C15H18N4O3.C2H6/c1-19-9-16-8-13(19)14-17-11(10-3-5-22-6-4-10)7-12(18-14)15(20)21-2;1-2/h7-10H,3-6H2,1-2H3;1-2H3. The lowest BCUT2D eigenvalue weighted by molar-refractivity contribution is 0.0593. The first kappa shape index (κ1) is 18.1. The van der Waals surface area contributed by atoms with Crippen LogP contribution in [0.25, 0.3) is 11.5 Å². The van der Waals surface area contributed by atoms with E-state index in [0.29, 0.717) is 19.0 Å². The van der Waals surface area contributed by atoms with Crippen molar-refractivity contribution in [3.63, 3.8) is 0 Å². The SMILES string of the molecule is CC.COC(=O)c1cc(C2CCOCC2)nc(-c2cncn2C)n1. The molecule has 0 atom stereocenters. The lowest BCUT2D eigenvalue weighted by atomic mass is 9.95. The van der Waals surface area contributed by atoms with Crippen LogP contribution in [-0.2, 0) is 16.5 Å². The van der Waals surface area contributed by atoms with Crippen molar-refractivity contribution < 1.29 is 14.3 Å². The van der Waals surface area contributed by atoms with Crippen molar-refractivity contribution in [3.05, 3.63) is 30.0 Å². The van der Waals surface area contributed by atoms with Gasteiger partial charge in [-0.1, -0.05) is 13.8 Å². The molecule has 0 amide bonds. The second-order valence-corrected chi connectivity index (χ2v) is 5.27. The Morgan fingerprint density at radius 3 is 2.58 bits per heavy atom. The Morgan fingerprint density at radius 2 is 2.00 bits per heavy atom. The number of aromatic nitrogens is 4. The molecule has 7 heteroatoms. The second-order valence-electron chi connectivity index (χ2n) is 5.27. The molecule has 0 saturated carbocycles. The largest absolute Gasteiger partial charge is 0.464 e. The number of hydrogen-bond acceptors (Lipinski definition) is 6. The summed E-state index contributed by atoms with van der Waals surface area (Å²) in [6.45, 7) is 5.42. The summed E-state index contributed by atoms with van der Waals surface area (Å²) in [5.41, 5.74) is 1.89. The summed E-state index contributed by atoms with van der Waals surface area (Å²) in [7, 11) is 3.22. The molecular weight excluding hydrogens is 308 g/mol. The Hall–Kier alpha value is -2.28. The van der Waals surface area contributed by atoms with Crippen molar-refractivity contribution in [1.82, 2.24) is 19.5 Å².